The maximum atomic E-state index is 12.1. The number of carbonyl (C=O) groups is 1. The molecule has 0 spiro atoms. The van der Waals surface area contributed by atoms with E-state index in [2.05, 4.69) is 9.88 Å². The first-order valence-electron chi connectivity index (χ1n) is 7.44. The molecule has 1 amide bonds. The number of piperazine rings is 1. The van der Waals surface area contributed by atoms with Gasteiger partial charge in [-0.2, -0.15) is 0 Å². The zero-order valence-electron chi connectivity index (χ0n) is 12.4. The molecule has 0 saturated carbocycles. The number of carbonyl (C=O) groups excluding carboxylic acids is 1. The van der Waals surface area contributed by atoms with Gasteiger partial charge in [-0.15, -0.1) is 0 Å². The molecule has 1 saturated heterocycles. The molecule has 114 valence electrons. The van der Waals surface area contributed by atoms with Crippen LogP contribution in [0.5, 0.6) is 0 Å². The van der Waals surface area contributed by atoms with Gasteiger partial charge in [-0.3, -0.25) is 14.7 Å². The normalized spacial score (nSPS) is 16.3. The van der Waals surface area contributed by atoms with Gasteiger partial charge in [0.2, 0.25) is 5.91 Å². The largest absolute Gasteiger partial charge is 0.465 e. The molecule has 0 aromatic carbocycles. The fourth-order valence-electron chi connectivity index (χ4n) is 2.49. The number of hydrogen-bond acceptors (Lipinski definition) is 4. The maximum absolute atomic E-state index is 12.1. The van der Waals surface area contributed by atoms with Crippen LogP contribution in [0.15, 0.2) is 53.3 Å². The Bertz CT molecular complexity index is 615. The third kappa shape index (κ3) is 3.83. The van der Waals surface area contributed by atoms with Gasteiger partial charge in [-0.25, -0.2) is 0 Å². The summed E-state index contributed by atoms with van der Waals surface area (Å²) in [5.74, 6) is 0.732. The lowest BCUT2D eigenvalue weighted by Gasteiger charge is -2.34. The van der Waals surface area contributed by atoms with Crippen molar-refractivity contribution in [1.82, 2.24) is 14.8 Å². The summed E-state index contributed by atoms with van der Waals surface area (Å²) >= 11 is 0. The Morgan fingerprint density at radius 2 is 2.05 bits per heavy atom. The fourth-order valence-corrected chi connectivity index (χ4v) is 2.49. The number of hydrogen-bond donors (Lipinski definition) is 0. The number of furan rings is 1. The molecule has 1 aliphatic rings. The van der Waals surface area contributed by atoms with Gasteiger partial charge in [-0.05, 0) is 30.3 Å². The fraction of sp³-hybridized carbons (Fsp3) is 0.294. The molecule has 22 heavy (non-hydrogen) atoms. The smallest absolute Gasteiger partial charge is 0.246 e. The molecule has 1 fully saturated rings. The van der Waals surface area contributed by atoms with Gasteiger partial charge in [-0.1, -0.05) is 6.07 Å². The van der Waals surface area contributed by atoms with E-state index in [0.717, 1.165) is 38.4 Å². The zero-order valence-corrected chi connectivity index (χ0v) is 12.4. The summed E-state index contributed by atoms with van der Waals surface area (Å²) in [6, 6.07) is 9.59. The van der Waals surface area contributed by atoms with Crippen molar-refractivity contribution in [3.05, 3.63) is 60.3 Å². The van der Waals surface area contributed by atoms with Crippen molar-refractivity contribution in [2.45, 2.75) is 6.54 Å². The zero-order chi connectivity index (χ0) is 15.2. The molecule has 5 heteroatoms. The SMILES string of the molecule is O=C(/C=C/c1ccco1)N1CCN(Cc2ccccn2)CC1. The summed E-state index contributed by atoms with van der Waals surface area (Å²) in [6.45, 7) is 4.07. The number of rotatable bonds is 4. The second-order valence-corrected chi connectivity index (χ2v) is 5.27. The quantitative estimate of drug-likeness (QED) is 0.810. The van der Waals surface area contributed by atoms with E-state index in [9.17, 15) is 4.79 Å². The lowest BCUT2D eigenvalue weighted by atomic mass is 10.2. The molecule has 0 radical (unpaired) electrons. The van der Waals surface area contributed by atoms with Crippen LogP contribution in [-0.4, -0.2) is 46.9 Å². The van der Waals surface area contributed by atoms with Crippen LogP contribution in [0.25, 0.3) is 6.08 Å². The highest BCUT2D eigenvalue weighted by Gasteiger charge is 2.19. The lowest BCUT2D eigenvalue weighted by Crippen LogP contribution is -2.47. The topological polar surface area (TPSA) is 49.6 Å². The molecule has 5 nitrogen and oxygen atoms in total. The summed E-state index contributed by atoms with van der Waals surface area (Å²) in [4.78, 5) is 20.7. The minimum atomic E-state index is 0.0360. The molecular formula is C17H19N3O2. The van der Waals surface area contributed by atoms with Crippen LogP contribution < -0.4 is 0 Å². The predicted molar refractivity (Wildman–Crippen MR) is 83.8 cm³/mol. The summed E-state index contributed by atoms with van der Waals surface area (Å²) in [6.07, 6.45) is 6.70. The first-order chi connectivity index (χ1) is 10.8. The molecule has 2 aromatic heterocycles. The minimum absolute atomic E-state index is 0.0360. The van der Waals surface area contributed by atoms with Gasteiger partial charge >= 0.3 is 0 Å². The highest BCUT2D eigenvalue weighted by molar-refractivity contribution is 5.91. The first-order valence-corrected chi connectivity index (χ1v) is 7.44. The second kappa shape index (κ2) is 7.04. The molecular weight excluding hydrogens is 278 g/mol. The number of nitrogens with zero attached hydrogens (tertiary/aromatic N) is 3. The van der Waals surface area contributed by atoms with Crippen LogP contribution in [0.1, 0.15) is 11.5 Å². The molecule has 3 rings (SSSR count). The average Bonchev–Trinajstić information content (AvgIpc) is 3.08. The van der Waals surface area contributed by atoms with Gasteiger partial charge in [0, 0.05) is 45.0 Å². The molecule has 0 aliphatic carbocycles. The van der Waals surface area contributed by atoms with Crippen molar-refractivity contribution in [3.8, 4) is 0 Å². The van der Waals surface area contributed by atoms with E-state index < -0.39 is 0 Å². The second-order valence-electron chi connectivity index (χ2n) is 5.27. The molecule has 3 heterocycles. The average molecular weight is 297 g/mol. The molecule has 0 unspecified atom stereocenters. The number of amides is 1. The van der Waals surface area contributed by atoms with E-state index in [1.807, 2.05) is 35.4 Å². The van der Waals surface area contributed by atoms with Crippen LogP contribution >= 0.6 is 0 Å². The minimum Gasteiger partial charge on any atom is -0.465 e. The lowest BCUT2D eigenvalue weighted by molar-refractivity contribution is -0.127. The molecule has 0 N–H and O–H groups in total. The van der Waals surface area contributed by atoms with E-state index in [1.165, 1.54) is 0 Å². The Morgan fingerprint density at radius 3 is 2.73 bits per heavy atom. The highest BCUT2D eigenvalue weighted by atomic mass is 16.3. The highest BCUT2D eigenvalue weighted by Crippen LogP contribution is 2.08. The van der Waals surface area contributed by atoms with Gasteiger partial charge in [0.15, 0.2) is 0 Å². The van der Waals surface area contributed by atoms with E-state index in [1.54, 1.807) is 24.5 Å². The van der Waals surface area contributed by atoms with E-state index in [0.29, 0.717) is 5.76 Å². The van der Waals surface area contributed by atoms with E-state index in [-0.39, 0.29) is 5.91 Å². The van der Waals surface area contributed by atoms with Crippen molar-refractivity contribution in [2.24, 2.45) is 0 Å². The summed E-state index contributed by atoms with van der Waals surface area (Å²) < 4.78 is 5.18. The Balaban J connectivity index is 1.48. The van der Waals surface area contributed by atoms with Gasteiger partial charge in [0.25, 0.3) is 0 Å². The molecule has 0 atom stereocenters. The van der Waals surface area contributed by atoms with Gasteiger partial charge < -0.3 is 9.32 Å². The van der Waals surface area contributed by atoms with Crippen LogP contribution in [0.2, 0.25) is 0 Å². The van der Waals surface area contributed by atoms with Crippen molar-refractivity contribution < 1.29 is 9.21 Å². The van der Waals surface area contributed by atoms with E-state index >= 15 is 0 Å². The van der Waals surface area contributed by atoms with Crippen LogP contribution in [0, 0.1) is 0 Å². The standard InChI is InChI=1S/C17H19N3O2/c21-17(7-6-16-5-3-13-22-16)20-11-9-19(10-12-20)14-15-4-1-2-8-18-15/h1-8,13H,9-12,14H2/b7-6+. The van der Waals surface area contributed by atoms with Crippen LogP contribution in [0.4, 0.5) is 0 Å². The third-order valence-electron chi connectivity index (χ3n) is 3.73. The van der Waals surface area contributed by atoms with Crippen molar-refractivity contribution in [1.29, 1.82) is 0 Å². The van der Waals surface area contributed by atoms with Crippen molar-refractivity contribution >= 4 is 12.0 Å². The van der Waals surface area contributed by atoms with Crippen molar-refractivity contribution in [2.75, 3.05) is 26.2 Å². The monoisotopic (exact) mass is 297 g/mol. The summed E-state index contributed by atoms with van der Waals surface area (Å²) in [5, 5.41) is 0. The van der Waals surface area contributed by atoms with E-state index in [4.69, 9.17) is 4.42 Å². The molecule has 2 aromatic rings. The maximum Gasteiger partial charge on any atom is 0.246 e. The third-order valence-corrected chi connectivity index (χ3v) is 3.73. The Morgan fingerprint density at radius 1 is 1.18 bits per heavy atom. The van der Waals surface area contributed by atoms with Crippen molar-refractivity contribution in [3.63, 3.8) is 0 Å². The summed E-state index contributed by atoms with van der Waals surface area (Å²) in [7, 11) is 0. The molecule has 0 bridgehead atoms. The number of aromatic nitrogens is 1. The van der Waals surface area contributed by atoms with Crippen LogP contribution in [-0.2, 0) is 11.3 Å². The Labute approximate surface area is 129 Å². The Kier molecular flexibility index (Phi) is 4.65. The Hall–Kier alpha value is -2.40. The molecule has 1 aliphatic heterocycles. The number of pyridine rings is 1. The van der Waals surface area contributed by atoms with Gasteiger partial charge in [0.05, 0.1) is 12.0 Å². The van der Waals surface area contributed by atoms with Gasteiger partial charge in [0.1, 0.15) is 5.76 Å². The van der Waals surface area contributed by atoms with Crippen LogP contribution in [0.3, 0.4) is 0 Å². The summed E-state index contributed by atoms with van der Waals surface area (Å²) in [5.41, 5.74) is 1.07. The first kappa shape index (κ1) is 14.5. The predicted octanol–water partition coefficient (Wildman–Crippen LogP) is 2.03.